The van der Waals surface area contributed by atoms with Gasteiger partial charge in [0.25, 0.3) is 5.91 Å². The number of anilines is 1. The van der Waals surface area contributed by atoms with Crippen LogP contribution in [0.1, 0.15) is 22.2 Å². The van der Waals surface area contributed by atoms with Crippen molar-refractivity contribution >= 4 is 52.2 Å². The van der Waals surface area contributed by atoms with E-state index in [1.807, 2.05) is 47.8 Å². The monoisotopic (exact) mass is 416 g/mol. The molecule has 0 saturated carbocycles. The van der Waals surface area contributed by atoms with E-state index in [4.69, 9.17) is 11.6 Å². The topological polar surface area (TPSA) is 58.2 Å². The van der Waals surface area contributed by atoms with E-state index in [0.717, 1.165) is 14.7 Å². The molecule has 7 heteroatoms. The molecule has 2 N–H and O–H groups in total. The fourth-order valence-electron chi connectivity index (χ4n) is 2.36. The summed E-state index contributed by atoms with van der Waals surface area (Å²) in [5, 5.41) is 8.34. The molecule has 0 unspecified atom stereocenters. The molecule has 0 aliphatic carbocycles. The first-order chi connectivity index (χ1) is 13.0. The smallest absolute Gasteiger partial charge is 0.251 e. The summed E-state index contributed by atoms with van der Waals surface area (Å²) in [6.45, 7) is 1.92. The zero-order chi connectivity index (χ0) is 19.2. The van der Waals surface area contributed by atoms with Crippen LogP contribution >= 0.6 is 34.7 Å². The van der Waals surface area contributed by atoms with Crippen LogP contribution in [0, 0.1) is 0 Å². The fraction of sp³-hybridized carbons (Fsp3) is 0.100. The molecule has 2 aromatic carbocycles. The number of nitrogens with one attached hydrogen (secondary N) is 2. The summed E-state index contributed by atoms with van der Waals surface area (Å²) in [6.07, 6.45) is 0. The van der Waals surface area contributed by atoms with Gasteiger partial charge in [0, 0.05) is 32.2 Å². The molecule has 0 atom stereocenters. The van der Waals surface area contributed by atoms with Crippen LogP contribution in [-0.2, 0) is 11.3 Å². The number of benzene rings is 2. The molecule has 0 aliphatic rings. The van der Waals surface area contributed by atoms with Crippen LogP contribution < -0.4 is 10.6 Å². The maximum atomic E-state index is 12.4. The van der Waals surface area contributed by atoms with E-state index in [1.54, 1.807) is 23.5 Å². The van der Waals surface area contributed by atoms with Crippen molar-refractivity contribution in [2.24, 2.45) is 0 Å². The number of rotatable bonds is 6. The second-order valence-electron chi connectivity index (χ2n) is 5.71. The Hall–Kier alpha value is -2.28. The SMILES string of the molecule is CC(=O)Nc1cc(C(=O)NCc2cccs2)ccc1Sc1ccc(Cl)cc1. The molecular formula is C20H17ClN2O2S2. The number of hydrogen-bond acceptors (Lipinski definition) is 4. The number of thiophene rings is 1. The molecule has 1 heterocycles. The van der Waals surface area contributed by atoms with Crippen molar-refractivity contribution in [2.75, 3.05) is 5.32 Å². The molecule has 1 aromatic heterocycles. The zero-order valence-corrected chi connectivity index (χ0v) is 16.9. The highest BCUT2D eigenvalue weighted by Gasteiger charge is 2.12. The maximum Gasteiger partial charge on any atom is 0.251 e. The van der Waals surface area contributed by atoms with E-state index in [0.29, 0.717) is 22.8 Å². The third-order valence-electron chi connectivity index (χ3n) is 3.60. The van der Waals surface area contributed by atoms with Crippen molar-refractivity contribution in [3.63, 3.8) is 0 Å². The lowest BCUT2D eigenvalue weighted by Gasteiger charge is -2.12. The van der Waals surface area contributed by atoms with Gasteiger partial charge >= 0.3 is 0 Å². The maximum absolute atomic E-state index is 12.4. The Morgan fingerprint density at radius 1 is 1.11 bits per heavy atom. The van der Waals surface area contributed by atoms with Crippen molar-refractivity contribution in [2.45, 2.75) is 23.3 Å². The third-order valence-corrected chi connectivity index (χ3v) is 5.81. The van der Waals surface area contributed by atoms with Crippen LogP contribution in [0.3, 0.4) is 0 Å². The summed E-state index contributed by atoms with van der Waals surface area (Å²) < 4.78 is 0. The minimum Gasteiger partial charge on any atom is -0.347 e. The first-order valence-corrected chi connectivity index (χ1v) is 10.2. The largest absolute Gasteiger partial charge is 0.347 e. The van der Waals surface area contributed by atoms with Crippen molar-refractivity contribution in [3.05, 3.63) is 75.4 Å². The van der Waals surface area contributed by atoms with Gasteiger partial charge < -0.3 is 10.6 Å². The predicted octanol–water partition coefficient (Wildman–Crippen LogP) is 5.44. The molecule has 4 nitrogen and oxygen atoms in total. The van der Waals surface area contributed by atoms with Crippen LogP contribution in [0.5, 0.6) is 0 Å². The molecule has 0 aliphatic heterocycles. The van der Waals surface area contributed by atoms with Crippen molar-refractivity contribution < 1.29 is 9.59 Å². The lowest BCUT2D eigenvalue weighted by Crippen LogP contribution is -2.22. The van der Waals surface area contributed by atoms with Gasteiger partial charge in [-0.3, -0.25) is 9.59 Å². The lowest BCUT2D eigenvalue weighted by atomic mass is 10.2. The minimum absolute atomic E-state index is 0.182. The second kappa shape index (κ2) is 9.08. The Bertz CT molecular complexity index is 941. The van der Waals surface area contributed by atoms with E-state index in [1.165, 1.54) is 18.7 Å². The van der Waals surface area contributed by atoms with Gasteiger partial charge in [-0.25, -0.2) is 0 Å². The van der Waals surface area contributed by atoms with Gasteiger partial charge in [0.05, 0.1) is 12.2 Å². The van der Waals surface area contributed by atoms with Gasteiger partial charge in [0.1, 0.15) is 0 Å². The van der Waals surface area contributed by atoms with E-state index in [-0.39, 0.29) is 11.8 Å². The molecular weight excluding hydrogens is 400 g/mol. The summed E-state index contributed by atoms with van der Waals surface area (Å²) in [5.74, 6) is -0.373. The van der Waals surface area contributed by atoms with Crippen LogP contribution in [0.4, 0.5) is 5.69 Å². The van der Waals surface area contributed by atoms with Crippen LogP contribution in [0.25, 0.3) is 0 Å². The molecule has 0 spiro atoms. The zero-order valence-electron chi connectivity index (χ0n) is 14.5. The highest BCUT2D eigenvalue weighted by Crippen LogP contribution is 2.34. The van der Waals surface area contributed by atoms with E-state index in [9.17, 15) is 9.59 Å². The van der Waals surface area contributed by atoms with E-state index < -0.39 is 0 Å². The Kier molecular flexibility index (Phi) is 6.55. The molecule has 2 amide bonds. The summed E-state index contributed by atoms with van der Waals surface area (Å²) in [5.41, 5.74) is 1.10. The Morgan fingerprint density at radius 3 is 2.56 bits per heavy atom. The molecule has 3 rings (SSSR count). The normalized spacial score (nSPS) is 10.4. The lowest BCUT2D eigenvalue weighted by molar-refractivity contribution is -0.114. The van der Waals surface area contributed by atoms with Gasteiger partial charge in [0.2, 0.25) is 5.91 Å². The van der Waals surface area contributed by atoms with Crippen LogP contribution in [0.2, 0.25) is 5.02 Å². The number of hydrogen-bond donors (Lipinski definition) is 2. The molecule has 0 radical (unpaired) electrons. The Labute approximate surface area is 170 Å². The summed E-state index contributed by atoms with van der Waals surface area (Å²) in [6, 6.07) is 16.7. The standard InChI is InChI=1S/C20H17ClN2O2S2/c1-13(24)23-18-11-14(20(25)22-12-17-3-2-10-26-17)4-9-19(18)27-16-7-5-15(21)6-8-16/h2-11H,12H2,1H3,(H,22,25)(H,23,24). The van der Waals surface area contributed by atoms with Crippen molar-refractivity contribution in [1.29, 1.82) is 0 Å². The number of carbonyl (C=O) groups is 2. The first-order valence-electron chi connectivity index (χ1n) is 8.17. The van der Waals surface area contributed by atoms with Crippen molar-refractivity contribution in [1.82, 2.24) is 5.32 Å². The average Bonchev–Trinajstić information content (AvgIpc) is 3.16. The number of amides is 2. The molecule has 0 saturated heterocycles. The first kappa shape index (κ1) is 19.5. The fourth-order valence-corrected chi connectivity index (χ4v) is 4.01. The van der Waals surface area contributed by atoms with Gasteiger partial charge in [-0.1, -0.05) is 29.4 Å². The average molecular weight is 417 g/mol. The summed E-state index contributed by atoms with van der Waals surface area (Å²) in [7, 11) is 0. The van der Waals surface area contributed by atoms with Gasteiger partial charge in [-0.05, 0) is 53.9 Å². The summed E-state index contributed by atoms with van der Waals surface area (Å²) >= 11 is 9.01. The second-order valence-corrected chi connectivity index (χ2v) is 8.29. The minimum atomic E-state index is -0.191. The quantitative estimate of drug-likeness (QED) is 0.562. The van der Waals surface area contributed by atoms with Crippen LogP contribution in [0.15, 0.2) is 69.8 Å². The Morgan fingerprint density at radius 2 is 1.89 bits per heavy atom. The predicted molar refractivity (Wildman–Crippen MR) is 112 cm³/mol. The van der Waals surface area contributed by atoms with E-state index in [2.05, 4.69) is 10.6 Å². The van der Waals surface area contributed by atoms with Crippen molar-refractivity contribution in [3.8, 4) is 0 Å². The van der Waals surface area contributed by atoms with E-state index >= 15 is 0 Å². The highest BCUT2D eigenvalue weighted by atomic mass is 35.5. The molecule has 0 fully saturated rings. The van der Waals surface area contributed by atoms with Gasteiger partial charge in [-0.15, -0.1) is 11.3 Å². The number of carbonyl (C=O) groups excluding carboxylic acids is 2. The third kappa shape index (κ3) is 5.60. The summed E-state index contributed by atoms with van der Waals surface area (Å²) in [4.78, 5) is 27.0. The Balaban J connectivity index is 1.79. The van der Waals surface area contributed by atoms with Gasteiger partial charge in [-0.2, -0.15) is 0 Å². The van der Waals surface area contributed by atoms with Crippen LogP contribution in [-0.4, -0.2) is 11.8 Å². The molecule has 138 valence electrons. The number of halogens is 1. The molecule has 0 bridgehead atoms. The van der Waals surface area contributed by atoms with Gasteiger partial charge in [0.15, 0.2) is 0 Å². The molecule has 3 aromatic rings. The molecule has 27 heavy (non-hydrogen) atoms. The highest BCUT2D eigenvalue weighted by molar-refractivity contribution is 7.99.